The molecule has 0 fully saturated rings. The van der Waals surface area contributed by atoms with E-state index in [1.807, 2.05) is 0 Å². The van der Waals surface area contributed by atoms with Crippen LogP contribution >= 0.6 is 0 Å². The van der Waals surface area contributed by atoms with Gasteiger partial charge in [0.1, 0.15) is 5.82 Å². The van der Waals surface area contributed by atoms with Crippen molar-refractivity contribution in [2.24, 2.45) is 0 Å². The largest absolute Gasteiger partial charge is 0.396 e. The Bertz CT molecular complexity index is 571. The van der Waals surface area contributed by atoms with Crippen molar-refractivity contribution in [3.05, 3.63) is 41.8 Å². The smallest absolute Gasteiger partial charge is 0.132 e. The van der Waals surface area contributed by atoms with Gasteiger partial charge in [-0.3, -0.25) is 9.88 Å². The molecule has 0 aliphatic rings. The number of hydrogen-bond donors (Lipinski definition) is 1. The van der Waals surface area contributed by atoms with Crippen LogP contribution in [0, 0.1) is 5.82 Å². The first kappa shape index (κ1) is 14.9. The molecule has 2 aromatic rings. The maximum atomic E-state index is 13.8. The second kappa shape index (κ2) is 6.77. The van der Waals surface area contributed by atoms with E-state index in [2.05, 4.69) is 23.7 Å². The first-order valence-electron chi connectivity index (χ1n) is 7.00. The molecule has 0 amide bonds. The molecule has 4 heteroatoms. The molecule has 0 atom stereocenters. The predicted molar refractivity (Wildman–Crippen MR) is 78.9 cm³/mol. The third-order valence-corrected chi connectivity index (χ3v) is 3.51. The fraction of sp³-hybridized carbons (Fsp3) is 0.438. The minimum absolute atomic E-state index is 0.186. The van der Waals surface area contributed by atoms with Gasteiger partial charge in [-0.05, 0) is 44.0 Å². The van der Waals surface area contributed by atoms with Gasteiger partial charge in [0.05, 0.1) is 5.52 Å². The van der Waals surface area contributed by atoms with Gasteiger partial charge < -0.3 is 5.11 Å². The molecule has 1 heterocycles. The van der Waals surface area contributed by atoms with E-state index in [-0.39, 0.29) is 12.4 Å². The van der Waals surface area contributed by atoms with E-state index in [0.717, 1.165) is 24.0 Å². The third-order valence-electron chi connectivity index (χ3n) is 3.51. The van der Waals surface area contributed by atoms with E-state index in [9.17, 15) is 4.39 Å². The molecular formula is C16H21FN2O. The zero-order valence-electron chi connectivity index (χ0n) is 12.0. The number of rotatable bonds is 6. The Balaban J connectivity index is 2.30. The Hall–Kier alpha value is -1.52. The third kappa shape index (κ3) is 3.32. The molecule has 0 aliphatic carbocycles. The second-order valence-corrected chi connectivity index (χ2v) is 5.25. The summed E-state index contributed by atoms with van der Waals surface area (Å²) < 4.78 is 13.8. The quantitative estimate of drug-likeness (QED) is 0.881. The van der Waals surface area contributed by atoms with E-state index in [0.29, 0.717) is 18.0 Å². The standard InChI is InChI=1S/C16H21FN2O/c1-12(2)19(9-4-10-20)11-13-6-7-15(17)14-5-3-8-18-16(13)14/h3,5-8,12,20H,4,9-11H2,1-2H3. The van der Waals surface area contributed by atoms with Gasteiger partial charge in [0.25, 0.3) is 0 Å². The highest BCUT2D eigenvalue weighted by Gasteiger charge is 2.13. The summed E-state index contributed by atoms with van der Waals surface area (Å²) in [7, 11) is 0. The maximum Gasteiger partial charge on any atom is 0.132 e. The molecule has 0 radical (unpaired) electrons. The monoisotopic (exact) mass is 276 g/mol. The molecule has 1 N–H and O–H groups in total. The lowest BCUT2D eigenvalue weighted by atomic mass is 10.1. The molecule has 0 unspecified atom stereocenters. The fourth-order valence-electron chi connectivity index (χ4n) is 2.34. The van der Waals surface area contributed by atoms with E-state index in [1.54, 1.807) is 24.4 Å². The number of hydrogen-bond acceptors (Lipinski definition) is 3. The van der Waals surface area contributed by atoms with Gasteiger partial charge in [-0.1, -0.05) is 6.07 Å². The Morgan fingerprint density at radius 2 is 2.10 bits per heavy atom. The number of aliphatic hydroxyl groups is 1. The van der Waals surface area contributed by atoms with E-state index in [1.165, 1.54) is 6.07 Å². The van der Waals surface area contributed by atoms with Crippen LogP contribution in [-0.4, -0.2) is 34.2 Å². The summed E-state index contributed by atoms with van der Waals surface area (Å²) in [5.74, 6) is -0.233. The Labute approximate surface area is 119 Å². The van der Waals surface area contributed by atoms with Crippen LogP contribution in [0.5, 0.6) is 0 Å². The molecule has 0 spiro atoms. The second-order valence-electron chi connectivity index (χ2n) is 5.25. The summed E-state index contributed by atoms with van der Waals surface area (Å²) in [6.07, 6.45) is 2.43. The molecule has 0 saturated carbocycles. The van der Waals surface area contributed by atoms with Crippen molar-refractivity contribution in [1.29, 1.82) is 0 Å². The van der Waals surface area contributed by atoms with E-state index >= 15 is 0 Å². The molecular weight excluding hydrogens is 255 g/mol. The summed E-state index contributed by atoms with van der Waals surface area (Å²) in [4.78, 5) is 6.58. The van der Waals surface area contributed by atoms with Gasteiger partial charge in [-0.2, -0.15) is 0 Å². The number of benzene rings is 1. The average Bonchev–Trinajstić information content (AvgIpc) is 2.45. The Kier molecular flexibility index (Phi) is 5.04. The Morgan fingerprint density at radius 1 is 1.30 bits per heavy atom. The van der Waals surface area contributed by atoms with Crippen LogP contribution < -0.4 is 0 Å². The van der Waals surface area contributed by atoms with Gasteiger partial charge in [0.2, 0.25) is 0 Å². The molecule has 3 nitrogen and oxygen atoms in total. The minimum atomic E-state index is -0.233. The molecule has 2 rings (SSSR count). The van der Waals surface area contributed by atoms with Crippen molar-refractivity contribution in [3.8, 4) is 0 Å². The van der Waals surface area contributed by atoms with Crippen molar-refractivity contribution in [3.63, 3.8) is 0 Å². The first-order valence-corrected chi connectivity index (χ1v) is 7.00. The van der Waals surface area contributed by atoms with E-state index < -0.39 is 0 Å². The first-order chi connectivity index (χ1) is 9.63. The van der Waals surface area contributed by atoms with Crippen LogP contribution in [0.2, 0.25) is 0 Å². The van der Waals surface area contributed by atoms with Crippen molar-refractivity contribution in [2.75, 3.05) is 13.2 Å². The molecule has 0 aliphatic heterocycles. The van der Waals surface area contributed by atoms with Crippen molar-refractivity contribution < 1.29 is 9.50 Å². The SMILES string of the molecule is CC(C)N(CCCO)Cc1ccc(F)c2cccnc12. The van der Waals surface area contributed by atoms with Gasteiger partial charge in [0.15, 0.2) is 0 Å². The number of nitrogens with zero attached hydrogens (tertiary/aromatic N) is 2. The van der Waals surface area contributed by atoms with Crippen LogP contribution in [0.15, 0.2) is 30.5 Å². The van der Waals surface area contributed by atoms with E-state index in [4.69, 9.17) is 5.11 Å². The van der Waals surface area contributed by atoms with Gasteiger partial charge in [0, 0.05) is 37.3 Å². The van der Waals surface area contributed by atoms with Gasteiger partial charge in [-0.15, -0.1) is 0 Å². The lowest BCUT2D eigenvalue weighted by Gasteiger charge is -2.26. The van der Waals surface area contributed by atoms with Crippen LogP contribution in [0.4, 0.5) is 4.39 Å². The molecule has 0 bridgehead atoms. The highest BCUT2D eigenvalue weighted by molar-refractivity contribution is 5.82. The van der Waals surface area contributed by atoms with Crippen molar-refractivity contribution >= 4 is 10.9 Å². The number of pyridine rings is 1. The Morgan fingerprint density at radius 3 is 2.80 bits per heavy atom. The van der Waals surface area contributed by atoms with Crippen LogP contribution in [-0.2, 0) is 6.54 Å². The van der Waals surface area contributed by atoms with Crippen molar-refractivity contribution in [2.45, 2.75) is 32.9 Å². The van der Waals surface area contributed by atoms with Crippen LogP contribution in [0.1, 0.15) is 25.8 Å². The summed E-state index contributed by atoms with van der Waals surface area (Å²) >= 11 is 0. The number of aromatic nitrogens is 1. The predicted octanol–water partition coefficient (Wildman–Crippen LogP) is 2.97. The summed E-state index contributed by atoms with van der Waals surface area (Å²) in [6.45, 7) is 5.96. The van der Waals surface area contributed by atoms with Crippen molar-refractivity contribution in [1.82, 2.24) is 9.88 Å². The minimum Gasteiger partial charge on any atom is -0.396 e. The molecule has 20 heavy (non-hydrogen) atoms. The lowest BCUT2D eigenvalue weighted by molar-refractivity contribution is 0.185. The zero-order chi connectivity index (χ0) is 14.5. The normalized spacial score (nSPS) is 11.7. The summed E-state index contributed by atoms with van der Waals surface area (Å²) in [6, 6.07) is 7.18. The number of aliphatic hydroxyl groups excluding tert-OH is 1. The van der Waals surface area contributed by atoms with Gasteiger partial charge >= 0.3 is 0 Å². The summed E-state index contributed by atoms with van der Waals surface area (Å²) in [5.41, 5.74) is 1.75. The fourth-order valence-corrected chi connectivity index (χ4v) is 2.34. The van der Waals surface area contributed by atoms with Gasteiger partial charge in [-0.25, -0.2) is 4.39 Å². The summed E-state index contributed by atoms with van der Waals surface area (Å²) in [5, 5.41) is 9.55. The van der Waals surface area contributed by atoms with Crippen LogP contribution in [0.25, 0.3) is 10.9 Å². The topological polar surface area (TPSA) is 36.4 Å². The average molecular weight is 276 g/mol. The zero-order valence-corrected chi connectivity index (χ0v) is 12.0. The molecule has 1 aromatic heterocycles. The number of halogens is 1. The molecule has 1 aromatic carbocycles. The maximum absolute atomic E-state index is 13.8. The molecule has 108 valence electrons. The van der Waals surface area contributed by atoms with Crippen LogP contribution in [0.3, 0.4) is 0 Å². The molecule has 0 saturated heterocycles. The lowest BCUT2D eigenvalue weighted by Crippen LogP contribution is -2.31. The highest BCUT2D eigenvalue weighted by Crippen LogP contribution is 2.21. The number of fused-ring (bicyclic) bond motifs is 1. The highest BCUT2D eigenvalue weighted by atomic mass is 19.1.